The third-order valence-electron chi connectivity index (χ3n) is 2.38. The van der Waals surface area contributed by atoms with Crippen LogP contribution in [-0.4, -0.2) is 37.0 Å². The number of carbonyl (C=O) groups is 1. The largest absolute Gasteiger partial charge is 0.352 e. The molecule has 0 heterocycles. The van der Waals surface area contributed by atoms with Gasteiger partial charge in [0.25, 0.3) is 0 Å². The number of rotatable bonds is 5. The molecule has 2 atom stereocenters. The quantitative estimate of drug-likeness (QED) is 0.729. The maximum absolute atomic E-state index is 10.9. The third kappa shape index (κ3) is 5.22. The molecule has 0 radical (unpaired) electrons. The molecule has 0 aliphatic heterocycles. The number of hydrogen-bond donors (Lipinski definition) is 1. The van der Waals surface area contributed by atoms with Gasteiger partial charge >= 0.3 is 0 Å². The minimum Gasteiger partial charge on any atom is -0.352 e. The van der Waals surface area contributed by atoms with Gasteiger partial charge in [-0.15, -0.1) is 0 Å². The van der Waals surface area contributed by atoms with E-state index in [1.165, 1.54) is 0 Å². The van der Waals surface area contributed by atoms with E-state index in [9.17, 15) is 4.79 Å². The maximum Gasteiger partial charge on any atom is 0.217 e. The lowest BCUT2D eigenvalue weighted by Gasteiger charge is -2.31. The summed E-state index contributed by atoms with van der Waals surface area (Å²) in [4.78, 5) is 13.1. The molecule has 3 heteroatoms. The Bertz CT molecular complexity index is 178. The van der Waals surface area contributed by atoms with Crippen LogP contribution >= 0.6 is 0 Å². The summed E-state index contributed by atoms with van der Waals surface area (Å²) in [5.41, 5.74) is 0. The lowest BCUT2D eigenvalue weighted by atomic mass is 9.97. The topological polar surface area (TPSA) is 32.3 Å². The first-order chi connectivity index (χ1) is 6.34. The summed E-state index contributed by atoms with van der Waals surface area (Å²) >= 11 is 0. The Hall–Kier alpha value is -0.570. The van der Waals surface area contributed by atoms with Gasteiger partial charge in [-0.1, -0.05) is 13.8 Å². The molecular weight excluding hydrogens is 176 g/mol. The standard InChI is InChI=1S/C11H24N2O/c1-8(2)7-11(13(5)6)9(3)12-10(4)14/h8-9,11H,7H2,1-6H3,(H,12,14). The van der Waals surface area contributed by atoms with Crippen LogP contribution in [0.1, 0.15) is 34.1 Å². The van der Waals surface area contributed by atoms with Crippen LogP contribution < -0.4 is 5.32 Å². The van der Waals surface area contributed by atoms with E-state index >= 15 is 0 Å². The van der Waals surface area contributed by atoms with Crippen LogP contribution in [0.3, 0.4) is 0 Å². The number of amides is 1. The Morgan fingerprint density at radius 3 is 2.07 bits per heavy atom. The lowest BCUT2D eigenvalue weighted by Crippen LogP contribution is -2.47. The molecule has 2 unspecified atom stereocenters. The van der Waals surface area contributed by atoms with Crippen LogP contribution in [-0.2, 0) is 4.79 Å². The zero-order valence-electron chi connectivity index (χ0n) is 10.3. The van der Waals surface area contributed by atoms with Crippen molar-refractivity contribution < 1.29 is 4.79 Å². The van der Waals surface area contributed by atoms with E-state index in [0.717, 1.165) is 6.42 Å². The molecule has 0 aromatic rings. The van der Waals surface area contributed by atoms with Crippen molar-refractivity contribution in [1.29, 1.82) is 0 Å². The molecule has 0 aromatic carbocycles. The molecule has 0 aromatic heterocycles. The van der Waals surface area contributed by atoms with Gasteiger partial charge in [0.15, 0.2) is 0 Å². The van der Waals surface area contributed by atoms with Gasteiger partial charge in [0.05, 0.1) is 0 Å². The first-order valence-electron chi connectivity index (χ1n) is 5.28. The van der Waals surface area contributed by atoms with Gasteiger partial charge in [0, 0.05) is 19.0 Å². The number of carbonyl (C=O) groups excluding carboxylic acids is 1. The molecule has 3 nitrogen and oxygen atoms in total. The monoisotopic (exact) mass is 200 g/mol. The molecule has 0 spiro atoms. The highest BCUT2D eigenvalue weighted by molar-refractivity contribution is 5.73. The van der Waals surface area contributed by atoms with Gasteiger partial charge in [0.1, 0.15) is 0 Å². The zero-order chi connectivity index (χ0) is 11.3. The fourth-order valence-electron chi connectivity index (χ4n) is 1.76. The highest BCUT2D eigenvalue weighted by Crippen LogP contribution is 2.12. The van der Waals surface area contributed by atoms with Gasteiger partial charge < -0.3 is 10.2 Å². The Balaban J connectivity index is 4.25. The normalized spacial score (nSPS) is 15.7. The van der Waals surface area contributed by atoms with Gasteiger partial charge in [-0.25, -0.2) is 0 Å². The van der Waals surface area contributed by atoms with Crippen LogP contribution in [0, 0.1) is 5.92 Å². The van der Waals surface area contributed by atoms with Gasteiger partial charge in [-0.2, -0.15) is 0 Å². The molecule has 14 heavy (non-hydrogen) atoms. The van der Waals surface area contributed by atoms with Crippen molar-refractivity contribution in [1.82, 2.24) is 10.2 Å². The third-order valence-corrected chi connectivity index (χ3v) is 2.38. The molecule has 1 N–H and O–H groups in total. The Morgan fingerprint density at radius 1 is 1.29 bits per heavy atom. The Morgan fingerprint density at radius 2 is 1.79 bits per heavy atom. The first-order valence-corrected chi connectivity index (χ1v) is 5.28. The molecule has 0 fully saturated rings. The molecule has 0 saturated carbocycles. The average molecular weight is 200 g/mol. The second-order valence-electron chi connectivity index (χ2n) is 4.65. The van der Waals surface area contributed by atoms with Gasteiger partial charge in [0.2, 0.25) is 5.91 Å². The molecule has 84 valence electrons. The van der Waals surface area contributed by atoms with Crippen molar-refractivity contribution in [2.75, 3.05) is 14.1 Å². The van der Waals surface area contributed by atoms with Crippen LogP contribution in [0.4, 0.5) is 0 Å². The van der Waals surface area contributed by atoms with Crippen molar-refractivity contribution in [2.45, 2.75) is 46.2 Å². The summed E-state index contributed by atoms with van der Waals surface area (Å²) in [6.45, 7) is 8.04. The summed E-state index contributed by atoms with van der Waals surface area (Å²) in [6, 6.07) is 0.629. The number of nitrogens with zero attached hydrogens (tertiary/aromatic N) is 1. The van der Waals surface area contributed by atoms with E-state index in [2.05, 4.69) is 45.1 Å². The van der Waals surface area contributed by atoms with E-state index in [4.69, 9.17) is 0 Å². The van der Waals surface area contributed by atoms with E-state index in [0.29, 0.717) is 12.0 Å². The highest BCUT2D eigenvalue weighted by Gasteiger charge is 2.20. The zero-order valence-corrected chi connectivity index (χ0v) is 10.3. The van der Waals surface area contributed by atoms with Crippen molar-refractivity contribution >= 4 is 5.91 Å². The summed E-state index contributed by atoms with van der Waals surface area (Å²) in [5, 5.41) is 2.95. The summed E-state index contributed by atoms with van der Waals surface area (Å²) in [5.74, 6) is 0.701. The first kappa shape index (κ1) is 13.4. The van der Waals surface area contributed by atoms with Crippen molar-refractivity contribution in [2.24, 2.45) is 5.92 Å². The van der Waals surface area contributed by atoms with Crippen LogP contribution in [0.5, 0.6) is 0 Å². The summed E-state index contributed by atoms with van der Waals surface area (Å²) in [7, 11) is 4.12. The van der Waals surface area contributed by atoms with Crippen molar-refractivity contribution in [3.63, 3.8) is 0 Å². The van der Waals surface area contributed by atoms with E-state index < -0.39 is 0 Å². The fraction of sp³-hybridized carbons (Fsp3) is 0.909. The van der Waals surface area contributed by atoms with E-state index in [-0.39, 0.29) is 11.9 Å². The van der Waals surface area contributed by atoms with Crippen LogP contribution in [0.2, 0.25) is 0 Å². The van der Waals surface area contributed by atoms with Crippen LogP contribution in [0.15, 0.2) is 0 Å². The molecule has 0 saturated heterocycles. The smallest absolute Gasteiger partial charge is 0.217 e. The van der Waals surface area contributed by atoms with Gasteiger partial charge in [-0.3, -0.25) is 4.79 Å². The molecule has 0 bridgehead atoms. The Kier molecular flexibility index (Phi) is 5.77. The maximum atomic E-state index is 10.9. The molecule has 0 aliphatic carbocycles. The lowest BCUT2D eigenvalue weighted by molar-refractivity contribution is -0.120. The molecule has 0 rings (SSSR count). The van der Waals surface area contributed by atoms with E-state index in [1.54, 1.807) is 6.92 Å². The van der Waals surface area contributed by atoms with Crippen molar-refractivity contribution in [3.8, 4) is 0 Å². The number of likely N-dealkylation sites (N-methyl/N-ethyl adjacent to an activating group) is 1. The number of nitrogens with one attached hydrogen (secondary N) is 1. The Labute approximate surface area is 87.9 Å². The highest BCUT2D eigenvalue weighted by atomic mass is 16.1. The number of hydrogen-bond acceptors (Lipinski definition) is 2. The molecule has 0 aliphatic rings. The summed E-state index contributed by atoms with van der Waals surface area (Å²) < 4.78 is 0. The average Bonchev–Trinajstić information content (AvgIpc) is 1.97. The second kappa shape index (κ2) is 6.02. The fourth-order valence-corrected chi connectivity index (χ4v) is 1.76. The van der Waals surface area contributed by atoms with Gasteiger partial charge in [-0.05, 0) is 33.4 Å². The predicted molar refractivity (Wildman–Crippen MR) is 60.2 cm³/mol. The SMILES string of the molecule is CC(=O)NC(C)C(CC(C)C)N(C)C. The minimum absolute atomic E-state index is 0.0492. The van der Waals surface area contributed by atoms with Crippen molar-refractivity contribution in [3.05, 3.63) is 0 Å². The minimum atomic E-state index is 0.0492. The molecular formula is C11H24N2O. The van der Waals surface area contributed by atoms with E-state index in [1.807, 2.05) is 0 Å². The predicted octanol–water partition coefficient (Wildman–Crippen LogP) is 1.49. The molecule has 1 amide bonds. The summed E-state index contributed by atoms with van der Waals surface area (Å²) in [6.07, 6.45) is 1.11. The second-order valence-corrected chi connectivity index (χ2v) is 4.65. The van der Waals surface area contributed by atoms with Crippen LogP contribution in [0.25, 0.3) is 0 Å².